The highest BCUT2D eigenvalue weighted by Gasteiger charge is 2.27. The number of nitrogens with one attached hydrogen (secondary N) is 1. The number of benzene rings is 2. The van der Waals surface area contributed by atoms with Crippen molar-refractivity contribution in [3.63, 3.8) is 0 Å². The average Bonchev–Trinajstić information content (AvgIpc) is 3.69. The number of methoxy groups -OCH3 is 1. The molecule has 2 aliphatic rings. The lowest BCUT2D eigenvalue weighted by atomic mass is 10.1. The summed E-state index contributed by atoms with van der Waals surface area (Å²) in [4.78, 5) is 28.7. The van der Waals surface area contributed by atoms with Crippen LogP contribution in [0.25, 0.3) is 6.08 Å². The van der Waals surface area contributed by atoms with Crippen LogP contribution < -0.4 is 15.0 Å². The van der Waals surface area contributed by atoms with Crippen LogP contribution >= 0.6 is 11.3 Å². The third-order valence-corrected chi connectivity index (χ3v) is 7.34. The lowest BCUT2D eigenvalue weighted by molar-refractivity contribution is -0.111. The molecule has 2 amide bonds. The van der Waals surface area contributed by atoms with Crippen LogP contribution in [0.4, 0.5) is 15.6 Å². The van der Waals surface area contributed by atoms with E-state index in [0.717, 1.165) is 53.5 Å². The molecule has 37 heavy (non-hydrogen) atoms. The van der Waals surface area contributed by atoms with Crippen LogP contribution in [0.2, 0.25) is 0 Å². The van der Waals surface area contributed by atoms with Crippen molar-refractivity contribution in [1.82, 2.24) is 15.1 Å². The number of rotatable bonds is 8. The zero-order chi connectivity index (χ0) is 25.6. The summed E-state index contributed by atoms with van der Waals surface area (Å²) < 4.78 is 10.6. The zero-order valence-electron chi connectivity index (χ0n) is 20.6. The fraction of sp³-hybridized carbons (Fsp3) is 0.333. The number of anilines is 2. The Morgan fingerprint density at radius 3 is 2.43 bits per heavy atom. The molecule has 0 spiro atoms. The first-order valence-corrected chi connectivity index (χ1v) is 13.1. The predicted octanol–water partition coefficient (Wildman–Crippen LogP) is 4.53. The molecule has 1 aromatic heterocycles. The molecule has 5 rings (SSSR count). The lowest BCUT2D eigenvalue weighted by Gasteiger charge is -2.35. The molecule has 1 aliphatic carbocycles. The van der Waals surface area contributed by atoms with Crippen molar-refractivity contribution in [3.8, 4) is 5.75 Å². The highest BCUT2D eigenvalue weighted by atomic mass is 32.1. The van der Waals surface area contributed by atoms with E-state index in [9.17, 15) is 9.59 Å². The van der Waals surface area contributed by atoms with Gasteiger partial charge in [-0.15, -0.1) is 10.2 Å². The average molecular weight is 520 g/mol. The van der Waals surface area contributed by atoms with Crippen molar-refractivity contribution in [2.45, 2.75) is 25.4 Å². The summed E-state index contributed by atoms with van der Waals surface area (Å²) in [6.07, 6.45) is 5.30. The Labute approximate surface area is 219 Å². The van der Waals surface area contributed by atoms with E-state index in [4.69, 9.17) is 9.47 Å². The minimum atomic E-state index is -0.300. The first-order valence-electron chi connectivity index (χ1n) is 12.3. The molecule has 10 heteroatoms. The van der Waals surface area contributed by atoms with E-state index < -0.39 is 0 Å². The Morgan fingerprint density at radius 1 is 1.03 bits per heavy atom. The van der Waals surface area contributed by atoms with Crippen LogP contribution in [0.5, 0.6) is 5.75 Å². The van der Waals surface area contributed by atoms with E-state index in [1.165, 1.54) is 17.4 Å². The summed E-state index contributed by atoms with van der Waals surface area (Å²) in [6.45, 7) is 2.87. The van der Waals surface area contributed by atoms with E-state index in [0.29, 0.717) is 24.1 Å². The van der Waals surface area contributed by atoms with Gasteiger partial charge in [0.25, 0.3) is 0 Å². The quantitative estimate of drug-likeness (QED) is 0.437. The molecule has 2 heterocycles. The van der Waals surface area contributed by atoms with Crippen molar-refractivity contribution in [3.05, 3.63) is 70.7 Å². The Morgan fingerprint density at radius 2 is 1.76 bits per heavy atom. The summed E-state index contributed by atoms with van der Waals surface area (Å²) in [6, 6.07) is 15.5. The Hall–Kier alpha value is -3.92. The van der Waals surface area contributed by atoms with Gasteiger partial charge >= 0.3 is 6.09 Å². The summed E-state index contributed by atoms with van der Waals surface area (Å²) in [5.41, 5.74) is 2.92. The van der Waals surface area contributed by atoms with Crippen molar-refractivity contribution in [2.24, 2.45) is 0 Å². The highest BCUT2D eigenvalue weighted by Crippen LogP contribution is 2.42. The first kappa shape index (κ1) is 24.8. The third kappa shape index (κ3) is 6.65. The molecule has 3 aromatic rings. The van der Waals surface area contributed by atoms with Crippen molar-refractivity contribution in [2.75, 3.05) is 43.5 Å². The van der Waals surface area contributed by atoms with Gasteiger partial charge in [0.15, 0.2) is 0 Å². The van der Waals surface area contributed by atoms with E-state index in [2.05, 4.69) is 20.4 Å². The SMILES string of the molecule is COc1ccc(COC(=O)N2CCN(c3ccc(/C=C/C(=O)Nc4nnc(C5CC5)s4)cc3)CC2)cc1. The van der Waals surface area contributed by atoms with E-state index >= 15 is 0 Å². The van der Waals surface area contributed by atoms with Gasteiger partial charge in [0.2, 0.25) is 11.0 Å². The van der Waals surface area contributed by atoms with Gasteiger partial charge in [-0.25, -0.2) is 4.79 Å². The second kappa shape index (κ2) is 11.4. The van der Waals surface area contributed by atoms with Gasteiger partial charge in [-0.1, -0.05) is 35.6 Å². The molecule has 2 fully saturated rings. The molecule has 0 bridgehead atoms. The summed E-state index contributed by atoms with van der Waals surface area (Å²) in [7, 11) is 1.62. The number of ether oxygens (including phenoxy) is 2. The normalized spacial score (nSPS) is 15.6. The fourth-order valence-electron chi connectivity index (χ4n) is 4.00. The maximum Gasteiger partial charge on any atom is 0.410 e. The van der Waals surface area contributed by atoms with Crippen molar-refractivity contribution >= 4 is 40.2 Å². The number of hydrogen-bond acceptors (Lipinski definition) is 8. The molecule has 9 nitrogen and oxygen atoms in total. The van der Waals surface area contributed by atoms with Gasteiger partial charge in [-0.05, 0) is 54.3 Å². The summed E-state index contributed by atoms with van der Waals surface area (Å²) >= 11 is 1.45. The highest BCUT2D eigenvalue weighted by molar-refractivity contribution is 7.15. The topological polar surface area (TPSA) is 96.9 Å². The maximum absolute atomic E-state index is 12.5. The van der Waals surface area contributed by atoms with Crippen LogP contribution in [0, 0.1) is 0 Å². The number of carbonyl (C=O) groups excluding carboxylic acids is 2. The predicted molar refractivity (Wildman–Crippen MR) is 143 cm³/mol. The van der Waals surface area contributed by atoms with Crippen LogP contribution in [-0.2, 0) is 16.1 Å². The molecule has 1 saturated heterocycles. The van der Waals surface area contributed by atoms with Crippen molar-refractivity contribution < 1.29 is 19.1 Å². The number of hydrogen-bond donors (Lipinski definition) is 1. The van der Waals surface area contributed by atoms with Gasteiger partial charge in [-0.2, -0.15) is 0 Å². The molecular formula is C27H29N5O4S. The third-order valence-electron chi connectivity index (χ3n) is 6.34. The molecule has 0 radical (unpaired) electrons. The molecule has 0 unspecified atom stereocenters. The smallest absolute Gasteiger partial charge is 0.410 e. The Balaban J connectivity index is 1.05. The number of amides is 2. The zero-order valence-corrected chi connectivity index (χ0v) is 21.4. The van der Waals surface area contributed by atoms with Crippen LogP contribution in [0.15, 0.2) is 54.6 Å². The fourth-order valence-corrected chi connectivity index (χ4v) is 4.92. The second-order valence-corrected chi connectivity index (χ2v) is 10.0. The van der Waals surface area contributed by atoms with Gasteiger partial charge in [0, 0.05) is 43.9 Å². The number of carbonyl (C=O) groups is 2. The Kier molecular flexibility index (Phi) is 7.65. The van der Waals surface area contributed by atoms with Gasteiger partial charge in [-0.3, -0.25) is 10.1 Å². The molecule has 1 aliphatic heterocycles. The van der Waals surface area contributed by atoms with Gasteiger partial charge in [0.05, 0.1) is 7.11 Å². The number of piperazine rings is 1. The van der Waals surface area contributed by atoms with E-state index in [1.54, 1.807) is 18.1 Å². The number of aromatic nitrogens is 2. The number of nitrogens with zero attached hydrogens (tertiary/aromatic N) is 4. The van der Waals surface area contributed by atoms with Crippen LogP contribution in [0.1, 0.15) is 34.9 Å². The van der Waals surface area contributed by atoms with Crippen molar-refractivity contribution in [1.29, 1.82) is 0 Å². The molecule has 1 N–H and O–H groups in total. The molecule has 192 valence electrons. The second-order valence-electron chi connectivity index (χ2n) is 9.01. The first-order chi connectivity index (χ1) is 18.1. The molecule has 0 atom stereocenters. The molecule has 2 aromatic carbocycles. The molecular weight excluding hydrogens is 490 g/mol. The minimum absolute atomic E-state index is 0.224. The molecule has 1 saturated carbocycles. The maximum atomic E-state index is 12.5. The van der Waals surface area contributed by atoms with Gasteiger partial charge in [0.1, 0.15) is 17.4 Å². The van der Waals surface area contributed by atoms with Crippen LogP contribution in [0.3, 0.4) is 0 Å². The minimum Gasteiger partial charge on any atom is -0.497 e. The van der Waals surface area contributed by atoms with E-state index in [-0.39, 0.29) is 18.6 Å². The lowest BCUT2D eigenvalue weighted by Crippen LogP contribution is -2.48. The van der Waals surface area contributed by atoms with E-state index in [1.807, 2.05) is 48.5 Å². The Bertz CT molecular complexity index is 1250. The standard InChI is InChI=1S/C27H29N5O4S/c1-35-23-11-4-20(5-12-23)18-36-27(34)32-16-14-31(15-17-32)22-9-2-19(3-10-22)6-13-24(33)28-26-30-29-25(37-26)21-7-8-21/h2-6,9-13,21H,7-8,14-18H2,1H3,(H,28,30,33)/b13-6+. The summed E-state index contributed by atoms with van der Waals surface area (Å²) in [5, 5.41) is 12.5. The monoisotopic (exact) mass is 519 g/mol. The van der Waals surface area contributed by atoms with Crippen LogP contribution in [-0.4, -0.2) is 60.4 Å². The van der Waals surface area contributed by atoms with Gasteiger partial charge < -0.3 is 19.3 Å². The largest absolute Gasteiger partial charge is 0.497 e. The summed E-state index contributed by atoms with van der Waals surface area (Å²) in [5.74, 6) is 1.07.